The molecule has 0 saturated heterocycles. The maximum atomic E-state index is 12.0. The topological polar surface area (TPSA) is 104 Å². The van der Waals surface area contributed by atoms with Crippen LogP contribution in [-0.4, -0.2) is 47.8 Å². The molecule has 0 amide bonds. The van der Waals surface area contributed by atoms with Crippen molar-refractivity contribution in [1.29, 1.82) is 0 Å². The lowest BCUT2D eigenvalue weighted by atomic mass is 10.1. The minimum atomic E-state index is -1.09. The molecule has 1 atom stereocenters. The summed E-state index contributed by atoms with van der Waals surface area (Å²) in [5.41, 5.74) is 1.01. The fourth-order valence-electron chi connectivity index (χ4n) is 1.97. The highest BCUT2D eigenvalue weighted by molar-refractivity contribution is 7.16. The highest BCUT2D eigenvalue weighted by Gasteiger charge is 2.29. The first kappa shape index (κ1) is 18.0. The lowest BCUT2D eigenvalue weighted by Crippen LogP contribution is -2.40. The molecule has 0 spiro atoms. The first-order valence-corrected chi connectivity index (χ1v) is 7.41. The van der Waals surface area contributed by atoms with Gasteiger partial charge < -0.3 is 19.8 Å². The Hall–Kier alpha value is -2.09. The molecule has 0 aliphatic rings. The maximum Gasteiger partial charge on any atom is 0.341 e. The van der Waals surface area contributed by atoms with E-state index in [1.807, 2.05) is 6.92 Å². The van der Waals surface area contributed by atoms with Gasteiger partial charge in [0, 0.05) is 11.4 Å². The zero-order chi connectivity index (χ0) is 17.0. The Morgan fingerprint density at radius 1 is 1.27 bits per heavy atom. The molecular weight excluding hydrogens is 310 g/mol. The Morgan fingerprint density at radius 2 is 1.86 bits per heavy atom. The second kappa shape index (κ2) is 7.26. The Bertz CT molecular complexity index is 594. The van der Waals surface area contributed by atoms with Crippen LogP contribution in [-0.2, 0) is 14.3 Å². The average Bonchev–Trinajstić information content (AvgIpc) is 2.73. The summed E-state index contributed by atoms with van der Waals surface area (Å²) >= 11 is 1.26. The van der Waals surface area contributed by atoms with E-state index in [1.54, 1.807) is 6.92 Å². The van der Waals surface area contributed by atoms with Crippen LogP contribution in [0.5, 0.6) is 0 Å². The van der Waals surface area contributed by atoms with Crippen LogP contribution in [0.1, 0.15) is 34.1 Å². The van der Waals surface area contributed by atoms with E-state index in [1.165, 1.54) is 30.3 Å². The Kier molecular flexibility index (Phi) is 5.92. The first-order valence-electron chi connectivity index (χ1n) is 6.60. The van der Waals surface area contributed by atoms with Crippen LogP contribution in [0.4, 0.5) is 5.00 Å². The molecule has 22 heavy (non-hydrogen) atoms. The predicted octanol–water partition coefficient (Wildman–Crippen LogP) is 1.91. The fourth-order valence-corrected chi connectivity index (χ4v) is 3.22. The molecule has 0 aliphatic heterocycles. The Labute approximate surface area is 132 Å². The van der Waals surface area contributed by atoms with Crippen LogP contribution >= 0.6 is 11.3 Å². The van der Waals surface area contributed by atoms with Crippen molar-refractivity contribution >= 4 is 34.2 Å². The predicted molar refractivity (Wildman–Crippen MR) is 81.8 cm³/mol. The Morgan fingerprint density at radius 3 is 2.32 bits per heavy atom. The van der Waals surface area contributed by atoms with Crippen molar-refractivity contribution in [2.45, 2.75) is 33.2 Å². The van der Waals surface area contributed by atoms with E-state index in [2.05, 4.69) is 0 Å². The molecule has 1 heterocycles. The van der Waals surface area contributed by atoms with Crippen LogP contribution in [0.2, 0.25) is 0 Å². The van der Waals surface area contributed by atoms with Gasteiger partial charge in [0.05, 0.1) is 19.1 Å². The largest absolute Gasteiger partial charge is 0.481 e. The van der Waals surface area contributed by atoms with Crippen molar-refractivity contribution in [3.05, 3.63) is 16.0 Å². The molecule has 0 saturated carbocycles. The van der Waals surface area contributed by atoms with E-state index >= 15 is 0 Å². The van der Waals surface area contributed by atoms with Gasteiger partial charge in [-0.05, 0) is 26.3 Å². The number of aryl methyl sites for hydroxylation is 1. The van der Waals surface area contributed by atoms with Gasteiger partial charge in [-0.2, -0.15) is 0 Å². The molecule has 0 aliphatic carbocycles. The number of hydrogen-bond donors (Lipinski definition) is 2. The molecular formula is C14H19NO6S. The van der Waals surface area contributed by atoms with Gasteiger partial charge in [-0.15, -0.1) is 11.3 Å². The van der Waals surface area contributed by atoms with Gasteiger partial charge in [-0.1, -0.05) is 0 Å². The molecule has 1 aromatic rings. The summed E-state index contributed by atoms with van der Waals surface area (Å²) < 4.78 is 4.76. The van der Waals surface area contributed by atoms with Gasteiger partial charge in [0.25, 0.3) is 0 Å². The molecule has 2 N–H and O–H groups in total. The van der Waals surface area contributed by atoms with Crippen molar-refractivity contribution < 1.29 is 29.3 Å². The van der Waals surface area contributed by atoms with Crippen molar-refractivity contribution in [2.75, 3.05) is 18.6 Å². The van der Waals surface area contributed by atoms with Crippen molar-refractivity contribution in [1.82, 2.24) is 0 Å². The van der Waals surface area contributed by atoms with Crippen molar-refractivity contribution in [2.24, 2.45) is 0 Å². The lowest BCUT2D eigenvalue weighted by molar-refractivity contribution is -0.139. The second-order valence-corrected chi connectivity index (χ2v) is 6.01. The monoisotopic (exact) mass is 329 g/mol. The maximum absolute atomic E-state index is 12.0. The molecule has 0 fully saturated rings. The highest BCUT2D eigenvalue weighted by atomic mass is 32.1. The molecule has 8 heteroatoms. The number of carboxylic acids is 2. The van der Waals surface area contributed by atoms with Crippen LogP contribution < -0.4 is 4.90 Å². The van der Waals surface area contributed by atoms with E-state index in [-0.39, 0.29) is 13.0 Å². The summed E-state index contributed by atoms with van der Waals surface area (Å²) in [5, 5.41) is 18.5. The molecule has 1 rings (SSSR count). The first-order chi connectivity index (χ1) is 10.2. The second-order valence-electron chi connectivity index (χ2n) is 4.81. The summed E-state index contributed by atoms with van der Waals surface area (Å²) in [6.45, 7) is 5.01. The molecule has 1 aromatic heterocycles. The Balaban J connectivity index is 3.35. The summed E-state index contributed by atoms with van der Waals surface area (Å²) in [7, 11) is 1.25. The molecule has 0 bridgehead atoms. The SMILES string of the molecule is COC(=O)c1c(N(CCC(=O)O)C(C)C(=O)O)sc(C)c1C. The van der Waals surface area contributed by atoms with Crippen LogP contribution in [0.25, 0.3) is 0 Å². The van der Waals surface area contributed by atoms with Crippen molar-refractivity contribution in [3.8, 4) is 0 Å². The standard InChI is InChI=1S/C14H19NO6S/c1-7-9(3)22-12(11(7)14(20)21-4)15(6-5-10(16)17)8(2)13(18)19/h8H,5-6H2,1-4H3,(H,16,17)(H,18,19). The number of methoxy groups -OCH3 is 1. The number of aliphatic carboxylic acids is 2. The van der Waals surface area contributed by atoms with E-state index in [9.17, 15) is 19.5 Å². The number of nitrogens with zero attached hydrogens (tertiary/aromatic N) is 1. The number of carboxylic acid groups (broad SMARTS) is 2. The third-order valence-corrected chi connectivity index (χ3v) is 4.65. The van der Waals surface area contributed by atoms with E-state index in [4.69, 9.17) is 9.84 Å². The summed E-state index contributed by atoms with van der Waals surface area (Å²) in [5.74, 6) is -2.69. The van der Waals surface area contributed by atoms with Crippen LogP contribution in [0.3, 0.4) is 0 Å². The van der Waals surface area contributed by atoms with Crippen LogP contribution in [0, 0.1) is 13.8 Å². The van der Waals surface area contributed by atoms with Crippen molar-refractivity contribution in [3.63, 3.8) is 0 Å². The fraction of sp³-hybridized carbons (Fsp3) is 0.500. The highest BCUT2D eigenvalue weighted by Crippen LogP contribution is 2.37. The molecule has 7 nitrogen and oxygen atoms in total. The number of ether oxygens (including phenoxy) is 1. The number of esters is 1. The minimum Gasteiger partial charge on any atom is -0.481 e. The minimum absolute atomic E-state index is 0.00775. The summed E-state index contributed by atoms with van der Waals surface area (Å²) in [6.07, 6.45) is -0.228. The number of anilines is 1. The van der Waals surface area contributed by atoms with E-state index < -0.39 is 23.9 Å². The number of carbonyl (C=O) groups is 3. The normalized spacial score (nSPS) is 11.8. The average molecular weight is 329 g/mol. The van der Waals surface area contributed by atoms with E-state index in [0.29, 0.717) is 16.1 Å². The number of thiophene rings is 1. The smallest absolute Gasteiger partial charge is 0.341 e. The summed E-state index contributed by atoms with van der Waals surface area (Å²) in [4.78, 5) is 36.4. The zero-order valence-corrected chi connectivity index (χ0v) is 13.7. The van der Waals surface area contributed by atoms with Gasteiger partial charge >= 0.3 is 17.9 Å². The molecule has 1 unspecified atom stereocenters. The number of carbonyl (C=O) groups excluding carboxylic acids is 1. The third kappa shape index (κ3) is 3.76. The third-order valence-electron chi connectivity index (χ3n) is 3.41. The lowest BCUT2D eigenvalue weighted by Gasteiger charge is -2.27. The number of rotatable bonds is 7. The zero-order valence-electron chi connectivity index (χ0n) is 12.9. The van der Waals surface area contributed by atoms with E-state index in [0.717, 1.165) is 4.88 Å². The van der Waals surface area contributed by atoms with Gasteiger partial charge in [-0.25, -0.2) is 9.59 Å². The quantitative estimate of drug-likeness (QED) is 0.736. The molecule has 122 valence electrons. The number of hydrogen-bond acceptors (Lipinski definition) is 6. The van der Waals surface area contributed by atoms with Crippen LogP contribution in [0.15, 0.2) is 0 Å². The van der Waals surface area contributed by atoms with Gasteiger partial charge in [-0.3, -0.25) is 4.79 Å². The van der Waals surface area contributed by atoms with Gasteiger partial charge in [0.15, 0.2) is 0 Å². The molecule has 0 radical (unpaired) electrons. The van der Waals surface area contributed by atoms with Gasteiger partial charge in [0.2, 0.25) is 0 Å². The molecule has 0 aromatic carbocycles. The summed E-state index contributed by atoms with van der Waals surface area (Å²) in [6, 6.07) is -0.958. The van der Waals surface area contributed by atoms with Gasteiger partial charge in [0.1, 0.15) is 11.0 Å².